The fraction of sp³-hybridized carbons (Fsp3) is 0.409. The number of hydrogen-bond acceptors (Lipinski definition) is 3. The van der Waals surface area contributed by atoms with E-state index < -0.39 is 0 Å². The van der Waals surface area contributed by atoms with Crippen LogP contribution in [-0.2, 0) is 17.7 Å². The van der Waals surface area contributed by atoms with Crippen molar-refractivity contribution >= 4 is 11.6 Å². The van der Waals surface area contributed by atoms with Crippen molar-refractivity contribution in [3.05, 3.63) is 64.7 Å². The third-order valence-corrected chi connectivity index (χ3v) is 5.04. The first-order chi connectivity index (χ1) is 14.1. The van der Waals surface area contributed by atoms with Crippen molar-refractivity contribution in [2.24, 2.45) is 4.99 Å². The van der Waals surface area contributed by atoms with E-state index >= 15 is 0 Å². The molecule has 2 aromatic carbocycles. The molecular formula is C22H28F2N4O. The van der Waals surface area contributed by atoms with Crippen LogP contribution >= 0.6 is 0 Å². The van der Waals surface area contributed by atoms with Crippen LogP contribution in [0.15, 0.2) is 41.4 Å². The first-order valence-electron chi connectivity index (χ1n) is 9.87. The van der Waals surface area contributed by atoms with E-state index in [1.54, 1.807) is 19.2 Å². The molecule has 0 saturated carbocycles. The lowest BCUT2D eigenvalue weighted by atomic mass is 10.1. The van der Waals surface area contributed by atoms with E-state index in [4.69, 9.17) is 4.74 Å². The van der Waals surface area contributed by atoms with Gasteiger partial charge in [-0.05, 0) is 54.3 Å². The van der Waals surface area contributed by atoms with Gasteiger partial charge in [0.25, 0.3) is 0 Å². The highest BCUT2D eigenvalue weighted by molar-refractivity contribution is 5.79. The summed E-state index contributed by atoms with van der Waals surface area (Å²) < 4.78 is 33.0. The molecule has 2 N–H and O–H groups in total. The fourth-order valence-electron chi connectivity index (χ4n) is 3.38. The van der Waals surface area contributed by atoms with Crippen LogP contribution in [0.5, 0.6) is 0 Å². The third-order valence-electron chi connectivity index (χ3n) is 5.04. The molecule has 7 heteroatoms. The zero-order chi connectivity index (χ0) is 20.6. The summed E-state index contributed by atoms with van der Waals surface area (Å²) in [7, 11) is 1.70. The van der Waals surface area contributed by atoms with Gasteiger partial charge in [-0.3, -0.25) is 4.99 Å². The molecule has 0 unspecified atom stereocenters. The average molecular weight is 402 g/mol. The number of hydrogen-bond donors (Lipinski definition) is 2. The van der Waals surface area contributed by atoms with Gasteiger partial charge in [0, 0.05) is 33.2 Å². The number of rotatable bonds is 6. The highest BCUT2D eigenvalue weighted by Crippen LogP contribution is 2.21. The number of nitrogens with one attached hydrogen (secondary N) is 2. The van der Waals surface area contributed by atoms with Gasteiger partial charge in [0.2, 0.25) is 0 Å². The molecule has 0 radical (unpaired) electrons. The number of aliphatic imine (C=N–C) groups is 1. The molecule has 1 aliphatic heterocycles. The van der Waals surface area contributed by atoms with Crippen LogP contribution in [0, 0.1) is 18.6 Å². The number of morpholine rings is 1. The van der Waals surface area contributed by atoms with Crippen molar-refractivity contribution in [3.63, 3.8) is 0 Å². The summed E-state index contributed by atoms with van der Waals surface area (Å²) in [6, 6.07) is 10.1. The molecule has 3 rings (SSSR count). The minimum Gasteiger partial charge on any atom is -0.378 e. The normalized spacial score (nSPS) is 14.8. The number of anilines is 1. The molecule has 0 atom stereocenters. The van der Waals surface area contributed by atoms with Crippen LogP contribution in [0.4, 0.5) is 14.5 Å². The highest BCUT2D eigenvalue weighted by atomic mass is 19.1. The molecule has 1 heterocycles. The van der Waals surface area contributed by atoms with Crippen LogP contribution in [-0.4, -0.2) is 45.9 Å². The smallest absolute Gasteiger partial charge is 0.191 e. The van der Waals surface area contributed by atoms with E-state index in [-0.39, 0.29) is 11.6 Å². The lowest BCUT2D eigenvalue weighted by Crippen LogP contribution is -2.38. The second kappa shape index (κ2) is 10.2. The summed E-state index contributed by atoms with van der Waals surface area (Å²) in [5.41, 5.74) is 3.49. The minimum absolute atomic E-state index is 0.219. The van der Waals surface area contributed by atoms with Crippen molar-refractivity contribution in [2.75, 3.05) is 44.8 Å². The van der Waals surface area contributed by atoms with Crippen LogP contribution in [0.2, 0.25) is 0 Å². The number of aryl methyl sites for hydroxylation is 1. The van der Waals surface area contributed by atoms with Crippen molar-refractivity contribution in [3.8, 4) is 0 Å². The van der Waals surface area contributed by atoms with Crippen molar-refractivity contribution in [1.29, 1.82) is 0 Å². The van der Waals surface area contributed by atoms with Crippen LogP contribution in [0.25, 0.3) is 0 Å². The zero-order valence-corrected chi connectivity index (χ0v) is 17.0. The van der Waals surface area contributed by atoms with Gasteiger partial charge in [-0.15, -0.1) is 0 Å². The second-order valence-corrected chi connectivity index (χ2v) is 7.06. The molecule has 0 bridgehead atoms. The predicted molar refractivity (Wildman–Crippen MR) is 112 cm³/mol. The average Bonchev–Trinajstić information content (AvgIpc) is 2.72. The lowest BCUT2D eigenvalue weighted by molar-refractivity contribution is 0.122. The summed E-state index contributed by atoms with van der Waals surface area (Å²) in [5.74, 6) is 0.201. The number of nitrogens with zero attached hydrogens (tertiary/aromatic N) is 2. The van der Waals surface area contributed by atoms with Gasteiger partial charge in [-0.1, -0.05) is 12.1 Å². The van der Waals surface area contributed by atoms with Crippen molar-refractivity contribution in [1.82, 2.24) is 10.6 Å². The molecule has 0 aliphatic carbocycles. The maximum Gasteiger partial charge on any atom is 0.191 e. The summed E-state index contributed by atoms with van der Waals surface area (Å²) in [4.78, 5) is 6.21. The molecule has 5 nitrogen and oxygen atoms in total. The fourth-order valence-corrected chi connectivity index (χ4v) is 3.38. The maximum atomic E-state index is 14.5. The molecule has 0 aromatic heterocycles. The summed E-state index contributed by atoms with van der Waals surface area (Å²) in [5, 5.41) is 6.44. The SMILES string of the molecule is CN=C(NCCc1ccc(F)cc1C)NCc1ccc(N2CCOCC2)c(F)c1. The molecule has 0 spiro atoms. The largest absolute Gasteiger partial charge is 0.378 e. The van der Waals surface area contributed by atoms with Gasteiger partial charge < -0.3 is 20.3 Å². The monoisotopic (exact) mass is 402 g/mol. The molecule has 29 heavy (non-hydrogen) atoms. The van der Waals surface area contributed by atoms with Gasteiger partial charge in [-0.2, -0.15) is 0 Å². The Morgan fingerprint density at radius 1 is 1.10 bits per heavy atom. The second-order valence-electron chi connectivity index (χ2n) is 7.06. The van der Waals surface area contributed by atoms with Crippen LogP contribution in [0.1, 0.15) is 16.7 Å². The summed E-state index contributed by atoms with van der Waals surface area (Å²) in [6.45, 7) is 5.70. The topological polar surface area (TPSA) is 48.9 Å². The Labute approximate surface area is 170 Å². The molecule has 0 amide bonds. The number of benzene rings is 2. The zero-order valence-electron chi connectivity index (χ0n) is 17.0. The highest BCUT2D eigenvalue weighted by Gasteiger charge is 2.15. The van der Waals surface area contributed by atoms with E-state index in [1.807, 2.05) is 24.0 Å². The van der Waals surface area contributed by atoms with E-state index in [0.717, 1.165) is 23.1 Å². The van der Waals surface area contributed by atoms with E-state index in [0.29, 0.717) is 51.0 Å². The van der Waals surface area contributed by atoms with E-state index in [2.05, 4.69) is 15.6 Å². The number of guanidine groups is 1. The summed E-state index contributed by atoms with van der Waals surface area (Å²) in [6.07, 6.45) is 0.760. The van der Waals surface area contributed by atoms with E-state index in [1.165, 1.54) is 12.1 Å². The molecule has 1 aliphatic rings. The molecular weight excluding hydrogens is 374 g/mol. The Kier molecular flexibility index (Phi) is 7.41. The van der Waals surface area contributed by atoms with Gasteiger partial charge >= 0.3 is 0 Å². The Morgan fingerprint density at radius 2 is 1.90 bits per heavy atom. The number of ether oxygens (including phenoxy) is 1. The number of halogens is 2. The molecule has 156 valence electrons. The van der Waals surface area contributed by atoms with Gasteiger partial charge in [0.1, 0.15) is 11.6 Å². The minimum atomic E-state index is -0.221. The van der Waals surface area contributed by atoms with Crippen molar-refractivity contribution < 1.29 is 13.5 Å². The van der Waals surface area contributed by atoms with Gasteiger partial charge in [0.15, 0.2) is 5.96 Å². The first kappa shape index (κ1) is 21.0. The van der Waals surface area contributed by atoms with Crippen molar-refractivity contribution in [2.45, 2.75) is 19.9 Å². The third kappa shape index (κ3) is 5.90. The Hall–Kier alpha value is -2.67. The molecule has 2 aromatic rings. The van der Waals surface area contributed by atoms with Crippen LogP contribution in [0.3, 0.4) is 0 Å². The molecule has 1 fully saturated rings. The molecule has 1 saturated heterocycles. The summed E-state index contributed by atoms with van der Waals surface area (Å²) >= 11 is 0. The Balaban J connectivity index is 1.49. The Bertz CT molecular complexity index is 851. The van der Waals surface area contributed by atoms with Crippen LogP contribution < -0.4 is 15.5 Å². The quantitative estimate of drug-likeness (QED) is 0.576. The lowest BCUT2D eigenvalue weighted by Gasteiger charge is -2.29. The van der Waals surface area contributed by atoms with E-state index in [9.17, 15) is 8.78 Å². The predicted octanol–water partition coefficient (Wildman–Crippen LogP) is 3.02. The van der Waals surface area contributed by atoms with Gasteiger partial charge in [-0.25, -0.2) is 8.78 Å². The maximum absolute atomic E-state index is 14.5. The van der Waals surface area contributed by atoms with Gasteiger partial charge in [0.05, 0.1) is 18.9 Å². The Morgan fingerprint density at radius 3 is 2.59 bits per heavy atom. The standard InChI is InChI=1S/C22H28F2N4O/c1-16-13-19(23)5-4-18(16)7-8-26-22(25-2)27-15-17-3-6-21(20(24)14-17)28-9-11-29-12-10-28/h3-6,13-14H,7-12,15H2,1-2H3,(H2,25,26,27). The first-order valence-corrected chi connectivity index (χ1v) is 9.87.